The van der Waals surface area contributed by atoms with Crippen molar-refractivity contribution in [2.24, 2.45) is 16.8 Å². The van der Waals surface area contributed by atoms with Crippen molar-refractivity contribution >= 4 is 23.3 Å². The van der Waals surface area contributed by atoms with E-state index in [9.17, 15) is 18.3 Å². The molecule has 1 aromatic carbocycles. The Morgan fingerprint density at radius 1 is 1.22 bits per heavy atom. The molecule has 0 bridgehead atoms. The van der Waals surface area contributed by atoms with Gasteiger partial charge in [0.25, 0.3) is 0 Å². The van der Waals surface area contributed by atoms with Gasteiger partial charge in [-0.2, -0.15) is 13.2 Å². The number of hydrogen-bond acceptors (Lipinski definition) is 6. The number of aliphatic hydroxyl groups excluding tert-OH is 1. The maximum absolute atomic E-state index is 12.6. The molecule has 6 nitrogen and oxygen atoms in total. The first-order valence-corrected chi connectivity index (χ1v) is 15.3. The van der Waals surface area contributed by atoms with Crippen LogP contribution in [0, 0.1) is 24.2 Å². The van der Waals surface area contributed by atoms with Gasteiger partial charge in [0.05, 0.1) is 23.5 Å². The number of alkyl halides is 3. The fourth-order valence-corrected chi connectivity index (χ4v) is 5.32. The number of nitrogens with zero attached hydrogens (tertiary/aromatic N) is 2. The van der Waals surface area contributed by atoms with Gasteiger partial charge in [-0.15, -0.1) is 6.58 Å². The third kappa shape index (κ3) is 11.2. The molecule has 1 saturated carbocycles. The van der Waals surface area contributed by atoms with Crippen molar-refractivity contribution in [1.29, 1.82) is 5.41 Å². The quantitative estimate of drug-likeness (QED) is 0.0991. The number of allylic oxidation sites excluding steroid dienone is 3. The van der Waals surface area contributed by atoms with Crippen LogP contribution >= 0.6 is 0 Å². The summed E-state index contributed by atoms with van der Waals surface area (Å²) in [5, 5.41) is 21.2. The van der Waals surface area contributed by atoms with Crippen LogP contribution in [0.25, 0.3) is 0 Å². The molecule has 1 heterocycles. The molecule has 0 radical (unpaired) electrons. The van der Waals surface area contributed by atoms with Crippen molar-refractivity contribution in [1.82, 2.24) is 4.98 Å². The molecule has 0 spiro atoms. The molecule has 0 saturated heterocycles. The topological polar surface area (TPSA) is 90.6 Å². The van der Waals surface area contributed by atoms with Crippen LogP contribution in [0.15, 0.2) is 91.1 Å². The summed E-state index contributed by atoms with van der Waals surface area (Å²) in [6, 6.07) is 9.58. The molecule has 1 aliphatic rings. The second-order valence-electron chi connectivity index (χ2n) is 11.6. The van der Waals surface area contributed by atoms with Gasteiger partial charge >= 0.3 is 6.18 Å². The summed E-state index contributed by atoms with van der Waals surface area (Å²) in [5.74, 6) is 0.668. The molecule has 9 heteroatoms. The van der Waals surface area contributed by atoms with Gasteiger partial charge in [0, 0.05) is 36.3 Å². The molecule has 2 unspecified atom stereocenters. The Morgan fingerprint density at radius 2 is 1.96 bits per heavy atom. The summed E-state index contributed by atoms with van der Waals surface area (Å²) in [6.07, 6.45) is 6.67. The number of pyridine rings is 1. The molecular weight excluding hydrogens is 577 g/mol. The summed E-state index contributed by atoms with van der Waals surface area (Å²) in [6.45, 7) is 16.0. The van der Waals surface area contributed by atoms with Crippen LogP contribution in [-0.2, 0) is 6.42 Å². The first-order valence-electron chi connectivity index (χ1n) is 15.3. The molecule has 3 atom stereocenters. The average Bonchev–Trinajstić information content (AvgIpc) is 3.01. The monoisotopic (exact) mass is 622 g/mol. The standard InChI is InChI=1S/C36H45F3N4O2/c1-6-19-42-35-26(5)22-30(45-29-14-12-27(13-15-29)31(40)16-18-34(44)36(37,38)39)23-33(35)43-32(25(4)7-2)17-11-24(3)21-28-10-8-9-20-41-28/h6-11,17,19-20,22-23,25,27,29,32,34,40,43-44H,1-3,12-16,18,21H2,4-5H3/b17-11-,40-31?,42-19-/t25?,27-,29+,32?,34-/m1/s1. The summed E-state index contributed by atoms with van der Waals surface area (Å²) >= 11 is 0. The zero-order valence-electron chi connectivity index (χ0n) is 26.2. The van der Waals surface area contributed by atoms with E-state index < -0.39 is 18.7 Å². The number of hydrogen-bond donors (Lipinski definition) is 3. The molecule has 45 heavy (non-hydrogen) atoms. The molecule has 242 valence electrons. The van der Waals surface area contributed by atoms with Gasteiger partial charge in [-0.05, 0) is 86.6 Å². The van der Waals surface area contributed by atoms with Gasteiger partial charge in [0.1, 0.15) is 11.9 Å². The van der Waals surface area contributed by atoms with Crippen molar-refractivity contribution < 1.29 is 23.0 Å². The lowest BCUT2D eigenvalue weighted by Crippen LogP contribution is -2.31. The number of ether oxygens (including phenoxy) is 1. The van der Waals surface area contributed by atoms with Crippen LogP contribution in [0.2, 0.25) is 0 Å². The third-order valence-electron chi connectivity index (χ3n) is 8.05. The lowest BCUT2D eigenvalue weighted by molar-refractivity contribution is -0.204. The molecule has 3 N–H and O–H groups in total. The van der Waals surface area contributed by atoms with E-state index in [2.05, 4.69) is 48.0 Å². The smallest absolute Gasteiger partial charge is 0.414 e. The number of aliphatic imine (C=N–C) groups is 1. The number of halogens is 3. The predicted molar refractivity (Wildman–Crippen MR) is 178 cm³/mol. The van der Waals surface area contributed by atoms with Crippen molar-refractivity contribution in [3.63, 3.8) is 0 Å². The van der Waals surface area contributed by atoms with E-state index in [4.69, 9.17) is 10.1 Å². The van der Waals surface area contributed by atoms with Gasteiger partial charge in [-0.1, -0.05) is 50.5 Å². The molecule has 1 aliphatic carbocycles. The maximum Gasteiger partial charge on any atom is 0.414 e. The molecule has 3 rings (SSSR count). The van der Waals surface area contributed by atoms with E-state index in [1.54, 1.807) is 18.5 Å². The minimum absolute atomic E-state index is 0.0625. The Kier molecular flexibility index (Phi) is 13.3. The van der Waals surface area contributed by atoms with E-state index in [1.165, 1.54) is 0 Å². The second-order valence-corrected chi connectivity index (χ2v) is 11.6. The molecule has 1 aromatic heterocycles. The number of aryl methyl sites for hydroxylation is 1. The van der Waals surface area contributed by atoms with Crippen molar-refractivity contribution in [2.75, 3.05) is 5.32 Å². The third-order valence-corrected chi connectivity index (χ3v) is 8.05. The van der Waals surface area contributed by atoms with Gasteiger partial charge in [0.15, 0.2) is 0 Å². The zero-order chi connectivity index (χ0) is 33.0. The Hall–Kier alpha value is -3.98. The van der Waals surface area contributed by atoms with Crippen LogP contribution in [0.4, 0.5) is 24.5 Å². The number of benzene rings is 1. The van der Waals surface area contributed by atoms with E-state index in [0.29, 0.717) is 37.9 Å². The van der Waals surface area contributed by atoms with Crippen LogP contribution in [0.3, 0.4) is 0 Å². The first-order chi connectivity index (χ1) is 21.4. The molecular formula is C36H45F3N4O2. The van der Waals surface area contributed by atoms with Crippen molar-refractivity contribution in [3.05, 3.63) is 97.4 Å². The number of nitrogens with one attached hydrogen (secondary N) is 2. The van der Waals surface area contributed by atoms with Crippen molar-refractivity contribution in [3.8, 4) is 5.75 Å². The first kappa shape index (κ1) is 35.5. The van der Waals surface area contributed by atoms with Crippen LogP contribution in [0.1, 0.15) is 56.7 Å². The minimum Gasteiger partial charge on any atom is -0.490 e. The van der Waals surface area contributed by atoms with E-state index in [0.717, 1.165) is 28.2 Å². The maximum atomic E-state index is 12.6. The van der Waals surface area contributed by atoms with Gasteiger partial charge < -0.3 is 20.6 Å². The van der Waals surface area contributed by atoms with E-state index in [-0.39, 0.29) is 36.1 Å². The Balaban J connectivity index is 1.71. The summed E-state index contributed by atoms with van der Waals surface area (Å²) in [7, 11) is 0. The van der Waals surface area contributed by atoms with Gasteiger partial charge in [0.2, 0.25) is 0 Å². The van der Waals surface area contributed by atoms with Gasteiger partial charge in [-0.25, -0.2) is 0 Å². The van der Waals surface area contributed by atoms with Gasteiger partial charge in [-0.3, -0.25) is 9.98 Å². The van der Waals surface area contributed by atoms with E-state index in [1.807, 2.05) is 49.4 Å². The lowest BCUT2D eigenvalue weighted by Gasteiger charge is -2.30. The summed E-state index contributed by atoms with van der Waals surface area (Å²) < 4.78 is 44.4. The Labute approximate surface area is 265 Å². The van der Waals surface area contributed by atoms with Crippen LogP contribution < -0.4 is 10.1 Å². The highest BCUT2D eigenvalue weighted by Gasteiger charge is 2.38. The zero-order valence-corrected chi connectivity index (χ0v) is 26.2. The minimum atomic E-state index is -4.65. The highest BCUT2D eigenvalue weighted by Crippen LogP contribution is 2.37. The molecule has 2 aromatic rings. The van der Waals surface area contributed by atoms with Crippen LogP contribution in [-0.4, -0.2) is 46.4 Å². The highest BCUT2D eigenvalue weighted by molar-refractivity contribution is 5.84. The molecule has 1 fully saturated rings. The number of aliphatic hydroxyl groups is 1. The van der Waals surface area contributed by atoms with Crippen molar-refractivity contribution in [2.45, 2.75) is 83.2 Å². The fraction of sp³-hybridized carbons (Fsp3) is 0.417. The Bertz CT molecular complexity index is 1360. The number of rotatable bonds is 16. The second kappa shape index (κ2) is 16.9. The SMILES string of the molecule is C=C/C=N\c1c(C)cc(O[C@H]2CC[C@@H](C(=N)CC[C@@H](O)C(F)(F)F)CC2)cc1NC(/C=C\C(=C)Cc1ccccn1)C(C)C=C. The lowest BCUT2D eigenvalue weighted by atomic mass is 9.82. The highest BCUT2D eigenvalue weighted by atomic mass is 19.4. The number of aromatic nitrogens is 1. The largest absolute Gasteiger partial charge is 0.490 e. The molecule has 0 amide bonds. The molecule has 0 aliphatic heterocycles. The predicted octanol–water partition coefficient (Wildman–Crippen LogP) is 8.90. The normalized spacial score (nSPS) is 19.2. The summed E-state index contributed by atoms with van der Waals surface area (Å²) in [5.41, 5.74) is 4.61. The fourth-order valence-electron chi connectivity index (χ4n) is 5.32. The average molecular weight is 623 g/mol. The Morgan fingerprint density at radius 3 is 2.58 bits per heavy atom. The summed E-state index contributed by atoms with van der Waals surface area (Å²) in [4.78, 5) is 9.01. The van der Waals surface area contributed by atoms with E-state index >= 15 is 0 Å². The van der Waals surface area contributed by atoms with Crippen LogP contribution in [0.5, 0.6) is 5.75 Å². The number of anilines is 1.